The molecule has 1 heterocycles. The van der Waals surface area contributed by atoms with Crippen LogP contribution >= 0.6 is 15.9 Å². The van der Waals surface area contributed by atoms with Crippen molar-refractivity contribution in [2.45, 2.75) is 32.7 Å². The molecule has 1 aromatic heterocycles. The van der Waals surface area contributed by atoms with E-state index in [4.69, 9.17) is 4.74 Å². The van der Waals surface area contributed by atoms with Gasteiger partial charge in [0.2, 0.25) is 0 Å². The highest BCUT2D eigenvalue weighted by Gasteiger charge is 2.29. The average molecular weight is 343 g/mol. The van der Waals surface area contributed by atoms with E-state index in [1.165, 1.54) is 13.3 Å². The van der Waals surface area contributed by atoms with Crippen molar-refractivity contribution in [2.24, 2.45) is 5.92 Å². The summed E-state index contributed by atoms with van der Waals surface area (Å²) >= 11 is 3.27. The van der Waals surface area contributed by atoms with Crippen LogP contribution in [0.1, 0.15) is 37.0 Å². The number of amides is 1. The van der Waals surface area contributed by atoms with Gasteiger partial charge >= 0.3 is 5.97 Å². The number of pyridine rings is 1. The van der Waals surface area contributed by atoms with E-state index >= 15 is 0 Å². The van der Waals surface area contributed by atoms with E-state index in [2.05, 4.69) is 26.2 Å². The molecule has 0 aliphatic rings. The number of ether oxygens (including phenoxy) is 1. The monoisotopic (exact) mass is 342 g/mol. The summed E-state index contributed by atoms with van der Waals surface area (Å²) < 4.78 is 5.37. The van der Waals surface area contributed by atoms with Gasteiger partial charge in [0.25, 0.3) is 5.91 Å². The van der Waals surface area contributed by atoms with Crippen molar-refractivity contribution in [1.29, 1.82) is 0 Å². The standard InChI is InChI=1S/C14H19BrN2O3/c1-4-9(5-2)12(14(19)20-3)17-13(18)10-6-7-16-8-11(10)15/h6-9,12H,4-5H2,1-3H3,(H,17,18)/t12-/m0/s1. The van der Waals surface area contributed by atoms with Crippen molar-refractivity contribution in [3.05, 3.63) is 28.5 Å². The van der Waals surface area contributed by atoms with E-state index in [1.807, 2.05) is 13.8 Å². The topological polar surface area (TPSA) is 68.3 Å². The van der Waals surface area contributed by atoms with Crippen LogP contribution < -0.4 is 5.32 Å². The van der Waals surface area contributed by atoms with Crippen LogP contribution in [0.4, 0.5) is 0 Å². The second-order valence-corrected chi connectivity index (χ2v) is 5.26. The van der Waals surface area contributed by atoms with Gasteiger partial charge in [-0.2, -0.15) is 0 Å². The number of esters is 1. The van der Waals surface area contributed by atoms with Gasteiger partial charge in [0.05, 0.1) is 12.7 Å². The van der Waals surface area contributed by atoms with Crippen molar-refractivity contribution in [2.75, 3.05) is 7.11 Å². The Hall–Kier alpha value is -1.43. The van der Waals surface area contributed by atoms with Gasteiger partial charge in [0.15, 0.2) is 0 Å². The quantitative estimate of drug-likeness (QED) is 0.806. The third-order valence-electron chi connectivity index (χ3n) is 3.28. The van der Waals surface area contributed by atoms with E-state index in [9.17, 15) is 9.59 Å². The van der Waals surface area contributed by atoms with Crippen LogP contribution in [0.5, 0.6) is 0 Å². The molecule has 1 atom stereocenters. The molecule has 110 valence electrons. The molecule has 1 aromatic rings. The Morgan fingerprint density at radius 3 is 2.55 bits per heavy atom. The Morgan fingerprint density at radius 2 is 2.05 bits per heavy atom. The number of carbonyl (C=O) groups is 2. The molecular weight excluding hydrogens is 324 g/mol. The number of nitrogens with zero attached hydrogens (tertiary/aromatic N) is 1. The van der Waals surface area contributed by atoms with Gasteiger partial charge in [-0.3, -0.25) is 9.78 Å². The molecule has 0 spiro atoms. The summed E-state index contributed by atoms with van der Waals surface area (Å²) in [5.74, 6) is -0.689. The smallest absolute Gasteiger partial charge is 0.328 e. The molecule has 20 heavy (non-hydrogen) atoms. The zero-order valence-corrected chi connectivity index (χ0v) is 13.4. The van der Waals surface area contributed by atoms with Gasteiger partial charge < -0.3 is 10.1 Å². The molecule has 0 aliphatic heterocycles. The van der Waals surface area contributed by atoms with Crippen LogP contribution in [0.3, 0.4) is 0 Å². The predicted molar refractivity (Wildman–Crippen MR) is 79.3 cm³/mol. The molecule has 0 bridgehead atoms. The molecule has 5 nitrogen and oxygen atoms in total. The van der Waals surface area contributed by atoms with Crippen LogP contribution in [0.15, 0.2) is 22.9 Å². The Kier molecular flexibility index (Phi) is 6.64. The lowest BCUT2D eigenvalue weighted by Gasteiger charge is -2.24. The van der Waals surface area contributed by atoms with E-state index in [1.54, 1.807) is 12.3 Å². The molecule has 1 rings (SSSR count). The maximum atomic E-state index is 12.3. The van der Waals surface area contributed by atoms with Gasteiger partial charge in [-0.05, 0) is 27.9 Å². The maximum absolute atomic E-state index is 12.3. The van der Waals surface area contributed by atoms with Gasteiger partial charge in [-0.1, -0.05) is 26.7 Å². The second-order valence-electron chi connectivity index (χ2n) is 4.41. The van der Waals surface area contributed by atoms with Crippen LogP contribution in [0, 0.1) is 5.92 Å². The zero-order valence-electron chi connectivity index (χ0n) is 11.9. The highest BCUT2D eigenvalue weighted by atomic mass is 79.9. The lowest BCUT2D eigenvalue weighted by atomic mass is 9.94. The molecule has 1 N–H and O–H groups in total. The molecule has 0 saturated heterocycles. The molecule has 0 saturated carbocycles. The van der Waals surface area contributed by atoms with Crippen molar-refractivity contribution in [1.82, 2.24) is 10.3 Å². The number of halogens is 1. The van der Waals surface area contributed by atoms with E-state index in [0.717, 1.165) is 12.8 Å². The number of nitrogens with one attached hydrogen (secondary N) is 1. The third-order valence-corrected chi connectivity index (χ3v) is 3.91. The summed E-state index contributed by atoms with van der Waals surface area (Å²) in [6.45, 7) is 3.97. The number of hydrogen-bond acceptors (Lipinski definition) is 4. The minimum absolute atomic E-state index is 0.0482. The fourth-order valence-electron chi connectivity index (χ4n) is 2.03. The molecule has 6 heteroatoms. The van der Waals surface area contributed by atoms with Crippen molar-refractivity contribution < 1.29 is 14.3 Å². The molecule has 1 amide bonds. The summed E-state index contributed by atoms with van der Waals surface area (Å²) in [5, 5.41) is 2.76. The highest BCUT2D eigenvalue weighted by Crippen LogP contribution is 2.18. The number of aromatic nitrogens is 1. The Bertz CT molecular complexity index is 475. The summed E-state index contributed by atoms with van der Waals surface area (Å²) in [7, 11) is 1.33. The van der Waals surface area contributed by atoms with Gasteiger partial charge in [0.1, 0.15) is 6.04 Å². The van der Waals surface area contributed by atoms with Gasteiger partial charge in [0, 0.05) is 16.9 Å². The average Bonchev–Trinajstić information content (AvgIpc) is 2.46. The number of rotatable bonds is 6. The first-order chi connectivity index (χ1) is 9.54. The molecule has 0 aromatic carbocycles. The molecule has 0 radical (unpaired) electrons. The normalized spacial score (nSPS) is 12.1. The second kappa shape index (κ2) is 7.99. The minimum Gasteiger partial charge on any atom is -0.467 e. The Balaban J connectivity index is 2.92. The predicted octanol–water partition coefficient (Wildman–Crippen LogP) is 2.55. The van der Waals surface area contributed by atoms with Crippen molar-refractivity contribution in [3.63, 3.8) is 0 Å². The first-order valence-electron chi connectivity index (χ1n) is 6.53. The Morgan fingerprint density at radius 1 is 1.40 bits per heavy atom. The highest BCUT2D eigenvalue weighted by molar-refractivity contribution is 9.10. The van der Waals surface area contributed by atoms with Crippen LogP contribution in [0.25, 0.3) is 0 Å². The summed E-state index contributed by atoms with van der Waals surface area (Å²) in [4.78, 5) is 28.0. The minimum atomic E-state index is -0.637. The molecule has 0 unspecified atom stereocenters. The first kappa shape index (κ1) is 16.6. The molecular formula is C14H19BrN2O3. The number of carbonyl (C=O) groups excluding carboxylic acids is 2. The van der Waals surface area contributed by atoms with E-state index < -0.39 is 12.0 Å². The van der Waals surface area contributed by atoms with Crippen LogP contribution in [-0.4, -0.2) is 30.0 Å². The van der Waals surface area contributed by atoms with Crippen molar-refractivity contribution >= 4 is 27.8 Å². The number of methoxy groups -OCH3 is 1. The van der Waals surface area contributed by atoms with E-state index in [0.29, 0.717) is 10.0 Å². The first-order valence-corrected chi connectivity index (χ1v) is 7.32. The summed E-state index contributed by atoms with van der Waals surface area (Å²) in [6.07, 6.45) is 4.64. The lowest BCUT2D eigenvalue weighted by molar-refractivity contribution is -0.144. The third kappa shape index (κ3) is 4.03. The molecule has 0 aliphatic carbocycles. The Labute approximate surface area is 127 Å². The summed E-state index contributed by atoms with van der Waals surface area (Å²) in [5.41, 5.74) is 0.444. The summed E-state index contributed by atoms with van der Waals surface area (Å²) in [6, 6.07) is 0.961. The maximum Gasteiger partial charge on any atom is 0.328 e. The number of hydrogen-bond donors (Lipinski definition) is 1. The molecule has 0 fully saturated rings. The fourth-order valence-corrected chi connectivity index (χ4v) is 2.47. The zero-order chi connectivity index (χ0) is 15.1. The van der Waals surface area contributed by atoms with E-state index in [-0.39, 0.29) is 11.8 Å². The SMILES string of the molecule is CCC(CC)[C@H](NC(=O)c1ccncc1Br)C(=O)OC. The lowest BCUT2D eigenvalue weighted by Crippen LogP contribution is -2.46. The van der Waals surface area contributed by atoms with Crippen molar-refractivity contribution in [3.8, 4) is 0 Å². The van der Waals surface area contributed by atoms with Crippen LogP contribution in [0.2, 0.25) is 0 Å². The van der Waals surface area contributed by atoms with Gasteiger partial charge in [-0.25, -0.2) is 4.79 Å². The van der Waals surface area contributed by atoms with Gasteiger partial charge in [-0.15, -0.1) is 0 Å². The fraction of sp³-hybridized carbons (Fsp3) is 0.500. The van der Waals surface area contributed by atoms with Crippen LogP contribution in [-0.2, 0) is 9.53 Å². The largest absolute Gasteiger partial charge is 0.467 e.